The molecular formula is C21H20FN3O. The summed E-state index contributed by atoms with van der Waals surface area (Å²) in [6, 6.07) is 15.6. The van der Waals surface area contributed by atoms with Gasteiger partial charge in [0.2, 0.25) is 0 Å². The van der Waals surface area contributed by atoms with E-state index in [1.54, 1.807) is 4.90 Å². The number of aryl methyl sites for hydroxylation is 1. The highest BCUT2D eigenvalue weighted by Crippen LogP contribution is 2.36. The Hall–Kier alpha value is -2.95. The lowest BCUT2D eigenvalue weighted by molar-refractivity contribution is -0.113. The van der Waals surface area contributed by atoms with Crippen molar-refractivity contribution in [2.45, 2.75) is 25.9 Å². The van der Waals surface area contributed by atoms with Crippen molar-refractivity contribution < 1.29 is 9.18 Å². The van der Waals surface area contributed by atoms with Crippen molar-refractivity contribution in [3.05, 3.63) is 66.5 Å². The molecule has 0 saturated heterocycles. The van der Waals surface area contributed by atoms with Gasteiger partial charge in [-0.3, -0.25) is 9.18 Å². The van der Waals surface area contributed by atoms with Crippen LogP contribution in [0.5, 0.6) is 0 Å². The zero-order valence-corrected chi connectivity index (χ0v) is 14.5. The van der Waals surface area contributed by atoms with Gasteiger partial charge in [-0.2, -0.15) is 0 Å². The summed E-state index contributed by atoms with van der Waals surface area (Å²) in [5.41, 5.74) is 4.16. The fraction of sp³-hybridized carbons (Fsp3) is 0.238. The van der Waals surface area contributed by atoms with Crippen LogP contribution in [0.1, 0.15) is 24.2 Å². The number of halogens is 1. The van der Waals surface area contributed by atoms with Crippen molar-refractivity contribution in [2.24, 2.45) is 0 Å². The summed E-state index contributed by atoms with van der Waals surface area (Å²) in [4.78, 5) is 19.2. The van der Waals surface area contributed by atoms with Crippen LogP contribution in [-0.4, -0.2) is 22.1 Å². The van der Waals surface area contributed by atoms with Gasteiger partial charge in [-0.15, -0.1) is 0 Å². The highest BCUT2D eigenvalue weighted by Gasteiger charge is 2.31. The third-order valence-electron chi connectivity index (χ3n) is 4.82. The third-order valence-corrected chi connectivity index (χ3v) is 4.82. The summed E-state index contributed by atoms with van der Waals surface area (Å²) in [5, 5.41) is 0. The van der Waals surface area contributed by atoms with Gasteiger partial charge in [0.1, 0.15) is 5.82 Å². The summed E-state index contributed by atoms with van der Waals surface area (Å²) in [6.07, 6.45) is 1.26. The molecule has 0 spiro atoms. The second-order valence-electron chi connectivity index (χ2n) is 6.45. The number of hydrogen-bond donors (Lipinski definition) is 0. The number of carbonyl (C=O) groups excluding carboxylic acids is 1. The van der Waals surface area contributed by atoms with Crippen LogP contribution in [0.15, 0.2) is 55.1 Å². The van der Waals surface area contributed by atoms with E-state index in [9.17, 15) is 9.18 Å². The molecule has 26 heavy (non-hydrogen) atoms. The number of fused-ring (bicyclic) bond motifs is 2. The smallest absolute Gasteiger partial charge is 0.258 e. The molecule has 1 aromatic heterocycles. The number of anilines is 1. The van der Waals surface area contributed by atoms with Gasteiger partial charge >= 0.3 is 0 Å². The maximum absolute atomic E-state index is 12.7. The number of aromatic nitrogens is 2. The number of imidazole rings is 1. The topological polar surface area (TPSA) is 38.1 Å². The Morgan fingerprint density at radius 2 is 1.81 bits per heavy atom. The molecule has 1 amide bonds. The standard InChI is InChI=1S/C21H20FN3O/c1-15-16-8-2-4-10-18(16)25(21(15)26)14-20-23-17-9-3-5-11-19(17)24(20)13-7-6-12-22/h2-5,8-11H,1,6-7,12-14H2. The summed E-state index contributed by atoms with van der Waals surface area (Å²) < 4.78 is 14.6. The van der Waals surface area contributed by atoms with Crippen LogP contribution in [0.3, 0.4) is 0 Å². The zero-order chi connectivity index (χ0) is 18.1. The van der Waals surface area contributed by atoms with Gasteiger partial charge in [-0.25, -0.2) is 4.98 Å². The highest BCUT2D eigenvalue weighted by atomic mass is 19.1. The maximum Gasteiger partial charge on any atom is 0.258 e. The molecule has 0 bridgehead atoms. The van der Waals surface area contributed by atoms with Crippen LogP contribution in [0.2, 0.25) is 0 Å². The van der Waals surface area contributed by atoms with Crippen LogP contribution < -0.4 is 4.90 Å². The minimum atomic E-state index is -0.320. The molecule has 132 valence electrons. The number of amides is 1. The van der Waals surface area contributed by atoms with Crippen LogP contribution in [0, 0.1) is 0 Å². The van der Waals surface area contributed by atoms with Crippen molar-refractivity contribution in [1.82, 2.24) is 9.55 Å². The van der Waals surface area contributed by atoms with Gasteiger partial charge < -0.3 is 9.47 Å². The lowest BCUT2D eigenvalue weighted by Gasteiger charge is -2.18. The van der Waals surface area contributed by atoms with E-state index in [4.69, 9.17) is 4.98 Å². The van der Waals surface area contributed by atoms with Gasteiger partial charge in [-0.1, -0.05) is 36.9 Å². The Morgan fingerprint density at radius 3 is 2.65 bits per heavy atom. The number of alkyl halides is 1. The second-order valence-corrected chi connectivity index (χ2v) is 6.45. The Kier molecular flexibility index (Phi) is 4.29. The number of rotatable bonds is 6. The molecule has 0 unspecified atom stereocenters. The van der Waals surface area contributed by atoms with Crippen molar-refractivity contribution >= 4 is 28.2 Å². The Bertz CT molecular complexity index is 992. The lowest BCUT2D eigenvalue weighted by atomic mass is 10.1. The summed E-state index contributed by atoms with van der Waals surface area (Å²) in [5.74, 6) is 0.719. The monoisotopic (exact) mass is 349 g/mol. The molecule has 1 aliphatic rings. The maximum atomic E-state index is 12.7. The van der Waals surface area contributed by atoms with E-state index < -0.39 is 0 Å². The summed E-state index contributed by atoms with van der Waals surface area (Å²) >= 11 is 0. The molecule has 2 aromatic carbocycles. The first-order valence-electron chi connectivity index (χ1n) is 8.81. The second kappa shape index (κ2) is 6.75. The normalized spacial score (nSPS) is 13.7. The third kappa shape index (κ3) is 2.69. The van der Waals surface area contributed by atoms with E-state index in [2.05, 4.69) is 11.1 Å². The first kappa shape index (κ1) is 16.5. The van der Waals surface area contributed by atoms with Crippen molar-refractivity contribution in [3.63, 3.8) is 0 Å². The fourth-order valence-corrected chi connectivity index (χ4v) is 3.51. The Balaban J connectivity index is 1.72. The number of carbonyl (C=O) groups is 1. The van der Waals surface area contributed by atoms with Crippen LogP contribution >= 0.6 is 0 Å². The van der Waals surface area contributed by atoms with Gasteiger partial charge in [0, 0.05) is 17.7 Å². The Labute approximate surface area is 151 Å². The number of nitrogens with zero attached hydrogens (tertiary/aromatic N) is 3. The average Bonchev–Trinajstić information content (AvgIpc) is 3.13. The molecular weight excluding hydrogens is 329 g/mol. The number of hydrogen-bond acceptors (Lipinski definition) is 2. The molecule has 3 aromatic rings. The van der Waals surface area contributed by atoms with Crippen molar-refractivity contribution in [3.8, 4) is 0 Å². The summed E-state index contributed by atoms with van der Waals surface area (Å²) in [7, 11) is 0. The van der Waals surface area contributed by atoms with Crippen molar-refractivity contribution in [2.75, 3.05) is 11.6 Å². The quantitative estimate of drug-likeness (QED) is 0.490. The molecule has 4 rings (SSSR count). The van der Waals surface area contributed by atoms with Crippen molar-refractivity contribution in [1.29, 1.82) is 0 Å². The number of para-hydroxylation sites is 3. The van der Waals surface area contributed by atoms with E-state index in [0.717, 1.165) is 34.5 Å². The van der Waals surface area contributed by atoms with E-state index in [0.29, 0.717) is 25.1 Å². The predicted molar refractivity (Wildman–Crippen MR) is 102 cm³/mol. The van der Waals surface area contributed by atoms with E-state index in [1.165, 1.54) is 0 Å². The molecule has 4 nitrogen and oxygen atoms in total. The SMILES string of the molecule is C=C1C(=O)N(Cc2nc3ccccc3n2CCCCF)c2ccccc21. The average molecular weight is 349 g/mol. The number of benzene rings is 2. The van der Waals surface area contributed by atoms with Crippen LogP contribution in [0.25, 0.3) is 16.6 Å². The first-order chi connectivity index (χ1) is 12.7. The molecule has 0 N–H and O–H groups in total. The zero-order valence-electron chi connectivity index (χ0n) is 14.5. The van der Waals surface area contributed by atoms with E-state index in [1.807, 2.05) is 48.5 Å². The molecule has 0 saturated carbocycles. The molecule has 0 fully saturated rings. The molecule has 1 aliphatic heterocycles. The number of unbranched alkanes of at least 4 members (excludes halogenated alkanes) is 1. The minimum Gasteiger partial charge on any atom is -0.326 e. The molecule has 5 heteroatoms. The van der Waals surface area contributed by atoms with E-state index >= 15 is 0 Å². The molecule has 0 radical (unpaired) electrons. The van der Waals surface area contributed by atoms with E-state index in [-0.39, 0.29) is 12.6 Å². The van der Waals surface area contributed by atoms with Gasteiger partial charge in [0.25, 0.3) is 5.91 Å². The molecule has 0 atom stereocenters. The minimum absolute atomic E-state index is 0.0893. The van der Waals surface area contributed by atoms with Gasteiger partial charge in [-0.05, 0) is 31.0 Å². The van der Waals surface area contributed by atoms with Gasteiger partial charge in [0.05, 0.1) is 29.9 Å². The largest absolute Gasteiger partial charge is 0.326 e. The van der Waals surface area contributed by atoms with Gasteiger partial charge in [0.15, 0.2) is 0 Å². The highest BCUT2D eigenvalue weighted by molar-refractivity contribution is 6.31. The predicted octanol–water partition coefficient (Wildman–Crippen LogP) is 4.35. The first-order valence-corrected chi connectivity index (χ1v) is 8.81. The molecule has 2 heterocycles. The Morgan fingerprint density at radius 1 is 1.04 bits per heavy atom. The van der Waals surface area contributed by atoms with Crippen LogP contribution in [0.4, 0.5) is 10.1 Å². The molecule has 0 aliphatic carbocycles. The fourth-order valence-electron chi connectivity index (χ4n) is 3.51. The lowest BCUT2D eigenvalue weighted by Crippen LogP contribution is -2.27. The van der Waals surface area contributed by atoms with Crippen LogP contribution in [-0.2, 0) is 17.9 Å². The summed E-state index contributed by atoms with van der Waals surface area (Å²) in [6.45, 7) is 4.67.